The van der Waals surface area contributed by atoms with Gasteiger partial charge in [-0.2, -0.15) is 9.97 Å². The van der Waals surface area contributed by atoms with Crippen molar-refractivity contribution in [2.75, 3.05) is 35.7 Å². The average molecular weight is 419 g/mol. The van der Waals surface area contributed by atoms with Gasteiger partial charge in [0.05, 0.1) is 4.92 Å². The lowest BCUT2D eigenvalue weighted by atomic mass is 9.90. The van der Waals surface area contributed by atoms with Crippen LogP contribution in [-0.2, 0) is 6.42 Å². The molecule has 1 aliphatic heterocycles. The van der Waals surface area contributed by atoms with Gasteiger partial charge in [-0.1, -0.05) is 48.5 Å². The van der Waals surface area contributed by atoms with E-state index >= 15 is 0 Å². The Morgan fingerprint density at radius 1 is 1.06 bits per heavy atom. The molecule has 0 saturated carbocycles. The molecule has 0 spiro atoms. The lowest BCUT2D eigenvalue weighted by Crippen LogP contribution is -2.35. The maximum Gasteiger partial charge on any atom is 0.353 e. The third-order valence-electron chi connectivity index (χ3n) is 5.79. The number of hydrogen-bond acceptors (Lipinski definition) is 7. The minimum atomic E-state index is -0.479. The summed E-state index contributed by atoms with van der Waals surface area (Å²) in [5.74, 6) is 1.08. The maximum atomic E-state index is 11.7. The summed E-state index contributed by atoms with van der Waals surface area (Å²) < 4.78 is 0. The zero-order valence-electron chi connectivity index (χ0n) is 17.5. The van der Waals surface area contributed by atoms with Crippen LogP contribution >= 0.6 is 0 Å². The predicted octanol–water partition coefficient (Wildman–Crippen LogP) is 4.19. The molecule has 1 saturated heterocycles. The second-order valence-electron chi connectivity index (χ2n) is 7.85. The highest BCUT2D eigenvalue weighted by atomic mass is 16.6. The number of nitro groups is 1. The van der Waals surface area contributed by atoms with Gasteiger partial charge in [0.15, 0.2) is 0 Å². The van der Waals surface area contributed by atoms with Gasteiger partial charge in [0.2, 0.25) is 17.6 Å². The normalized spacial score (nSPS) is 14.4. The zero-order valence-corrected chi connectivity index (χ0v) is 17.5. The molecule has 3 aromatic rings. The Balaban J connectivity index is 1.57. The molecular formula is C23H26N6O2. The van der Waals surface area contributed by atoms with Crippen molar-refractivity contribution in [3.05, 3.63) is 76.3 Å². The van der Waals surface area contributed by atoms with Gasteiger partial charge in [-0.25, -0.2) is 0 Å². The Morgan fingerprint density at radius 3 is 2.29 bits per heavy atom. The van der Waals surface area contributed by atoms with E-state index in [4.69, 9.17) is 5.73 Å². The van der Waals surface area contributed by atoms with Crippen molar-refractivity contribution in [1.29, 1.82) is 0 Å². The molecule has 0 bridgehead atoms. The first kappa shape index (κ1) is 20.6. The Bertz CT molecular complexity index is 1040. The number of piperidine rings is 1. The maximum absolute atomic E-state index is 11.7. The second kappa shape index (κ2) is 8.99. The van der Waals surface area contributed by atoms with Crippen molar-refractivity contribution in [1.82, 2.24) is 9.97 Å². The summed E-state index contributed by atoms with van der Waals surface area (Å²) in [6, 6.07) is 20.0. The first-order valence-electron chi connectivity index (χ1n) is 10.4. The number of anilines is 4. The summed E-state index contributed by atoms with van der Waals surface area (Å²) in [6.45, 7) is 1.40. The van der Waals surface area contributed by atoms with E-state index in [2.05, 4.69) is 34.2 Å². The Morgan fingerprint density at radius 2 is 1.68 bits per heavy atom. The van der Waals surface area contributed by atoms with Crippen molar-refractivity contribution in [3.8, 4) is 0 Å². The molecule has 2 N–H and O–H groups in total. The quantitative estimate of drug-likeness (QED) is 0.473. The molecule has 8 nitrogen and oxygen atoms in total. The zero-order chi connectivity index (χ0) is 21.8. The Hall–Kier alpha value is -3.68. The molecule has 8 heteroatoms. The van der Waals surface area contributed by atoms with Gasteiger partial charge in [-0.3, -0.25) is 10.1 Å². The van der Waals surface area contributed by atoms with Gasteiger partial charge < -0.3 is 15.5 Å². The number of benzene rings is 2. The molecule has 1 aliphatic rings. The summed E-state index contributed by atoms with van der Waals surface area (Å²) >= 11 is 0. The number of nitrogen functional groups attached to an aromatic ring is 1. The number of hydrogen-bond donors (Lipinski definition) is 1. The average Bonchev–Trinajstić information content (AvgIpc) is 2.79. The molecule has 0 aliphatic carbocycles. The molecule has 0 radical (unpaired) electrons. The minimum absolute atomic E-state index is 0.112. The summed E-state index contributed by atoms with van der Waals surface area (Å²) in [6.07, 6.45) is 2.91. The van der Waals surface area contributed by atoms with Crippen LogP contribution in [0.15, 0.2) is 60.7 Å². The van der Waals surface area contributed by atoms with Gasteiger partial charge in [-0.15, -0.1) is 0 Å². The van der Waals surface area contributed by atoms with E-state index < -0.39 is 4.92 Å². The molecule has 1 fully saturated rings. The summed E-state index contributed by atoms with van der Waals surface area (Å²) in [5, 5.41) is 11.7. The van der Waals surface area contributed by atoms with Crippen molar-refractivity contribution in [2.24, 2.45) is 5.92 Å². The third-order valence-corrected chi connectivity index (χ3v) is 5.79. The molecule has 2 heterocycles. The number of nitrogens with two attached hydrogens (primary N) is 1. The number of nitrogens with zero attached hydrogens (tertiary/aromatic N) is 5. The minimum Gasteiger partial charge on any atom is -0.378 e. The highest BCUT2D eigenvalue weighted by Crippen LogP contribution is 2.36. The van der Waals surface area contributed by atoms with Crippen LogP contribution in [-0.4, -0.2) is 35.0 Å². The van der Waals surface area contributed by atoms with Crippen LogP contribution in [0.1, 0.15) is 18.4 Å². The van der Waals surface area contributed by atoms with Crippen LogP contribution in [0, 0.1) is 16.0 Å². The van der Waals surface area contributed by atoms with Crippen LogP contribution in [0.25, 0.3) is 0 Å². The van der Waals surface area contributed by atoms with E-state index in [0.29, 0.717) is 30.8 Å². The van der Waals surface area contributed by atoms with E-state index in [1.54, 1.807) is 4.90 Å². The van der Waals surface area contributed by atoms with Gasteiger partial charge in [0.1, 0.15) is 0 Å². The van der Waals surface area contributed by atoms with Gasteiger partial charge in [0, 0.05) is 25.8 Å². The van der Waals surface area contributed by atoms with Crippen LogP contribution in [0.5, 0.6) is 0 Å². The van der Waals surface area contributed by atoms with E-state index in [1.165, 1.54) is 5.56 Å². The largest absolute Gasteiger partial charge is 0.378 e. The standard InChI is InChI=1S/C23H26N6O2/c1-27(19-10-6-3-7-11-19)23-25-21(24)20(29(30)31)22(26-23)28-14-12-18(13-15-28)16-17-8-4-2-5-9-17/h2-11,18H,12-16H2,1H3,(H2,24,25,26). The fraction of sp³-hybridized carbons (Fsp3) is 0.304. The smallest absolute Gasteiger partial charge is 0.353 e. The molecule has 1 aromatic heterocycles. The topological polar surface area (TPSA) is 101 Å². The van der Waals surface area contributed by atoms with Crippen LogP contribution in [0.2, 0.25) is 0 Å². The van der Waals surface area contributed by atoms with Crippen LogP contribution in [0.4, 0.5) is 29.0 Å². The number of aromatic nitrogens is 2. The van der Waals surface area contributed by atoms with E-state index in [9.17, 15) is 10.1 Å². The highest BCUT2D eigenvalue weighted by molar-refractivity contribution is 5.72. The van der Waals surface area contributed by atoms with Crippen molar-refractivity contribution >= 4 is 29.0 Å². The highest BCUT2D eigenvalue weighted by Gasteiger charge is 2.31. The second-order valence-corrected chi connectivity index (χ2v) is 7.85. The monoisotopic (exact) mass is 418 g/mol. The number of rotatable bonds is 6. The number of para-hydroxylation sites is 1. The van der Waals surface area contributed by atoms with Gasteiger partial charge >= 0.3 is 5.69 Å². The molecule has 4 rings (SSSR count). The lowest BCUT2D eigenvalue weighted by Gasteiger charge is -2.33. The lowest BCUT2D eigenvalue weighted by molar-refractivity contribution is -0.383. The molecule has 0 amide bonds. The van der Waals surface area contributed by atoms with Crippen molar-refractivity contribution in [2.45, 2.75) is 19.3 Å². The van der Waals surface area contributed by atoms with E-state index in [0.717, 1.165) is 24.9 Å². The summed E-state index contributed by atoms with van der Waals surface area (Å²) in [5.41, 5.74) is 8.02. The molecule has 0 atom stereocenters. The van der Waals surface area contributed by atoms with Gasteiger partial charge in [0.25, 0.3) is 0 Å². The Kier molecular flexibility index (Phi) is 5.97. The van der Waals surface area contributed by atoms with Crippen LogP contribution in [0.3, 0.4) is 0 Å². The predicted molar refractivity (Wildman–Crippen MR) is 123 cm³/mol. The van der Waals surface area contributed by atoms with E-state index in [-0.39, 0.29) is 11.5 Å². The Labute approximate surface area is 181 Å². The first-order valence-corrected chi connectivity index (χ1v) is 10.4. The summed E-state index contributed by atoms with van der Waals surface area (Å²) in [4.78, 5) is 23.8. The first-order chi connectivity index (χ1) is 15.0. The van der Waals surface area contributed by atoms with Crippen molar-refractivity contribution < 1.29 is 4.92 Å². The molecule has 31 heavy (non-hydrogen) atoms. The van der Waals surface area contributed by atoms with Gasteiger partial charge in [-0.05, 0) is 42.9 Å². The van der Waals surface area contributed by atoms with Crippen molar-refractivity contribution in [3.63, 3.8) is 0 Å². The third kappa shape index (κ3) is 4.58. The molecule has 160 valence electrons. The fourth-order valence-electron chi connectivity index (χ4n) is 4.06. The molecular weight excluding hydrogens is 392 g/mol. The molecule has 2 aromatic carbocycles. The summed E-state index contributed by atoms with van der Waals surface area (Å²) in [7, 11) is 1.83. The molecule has 0 unspecified atom stereocenters. The fourth-order valence-corrected chi connectivity index (χ4v) is 4.06. The SMILES string of the molecule is CN(c1ccccc1)c1nc(N)c([N+](=O)[O-])c(N2CCC(Cc3ccccc3)CC2)n1. The van der Waals surface area contributed by atoms with Crippen LogP contribution < -0.4 is 15.5 Å². The van der Waals surface area contributed by atoms with E-state index in [1.807, 2.05) is 48.3 Å².